The van der Waals surface area contributed by atoms with Crippen molar-refractivity contribution >= 4 is 28.5 Å². The molecule has 48 heavy (non-hydrogen) atoms. The third kappa shape index (κ3) is 5.08. The van der Waals surface area contributed by atoms with Crippen molar-refractivity contribution in [3.05, 3.63) is 214 Å². The van der Waals surface area contributed by atoms with Gasteiger partial charge in [0.15, 0.2) is 17.2 Å². The quantitative estimate of drug-likeness (QED) is 0.134. The molecule has 6 aromatic rings. The Morgan fingerprint density at radius 1 is 0.604 bits per heavy atom. The van der Waals surface area contributed by atoms with E-state index in [4.69, 9.17) is 4.99 Å². The number of benzene rings is 6. The lowest BCUT2D eigenvalue weighted by molar-refractivity contribution is 0.0997. The second kappa shape index (κ2) is 12.2. The lowest BCUT2D eigenvalue weighted by Crippen LogP contribution is -2.45. The highest BCUT2D eigenvalue weighted by Crippen LogP contribution is 2.52. The molecule has 2 atom stereocenters. The molecule has 8 rings (SSSR count). The van der Waals surface area contributed by atoms with Gasteiger partial charge in [0.1, 0.15) is 0 Å². The largest absolute Gasteiger partial charge is 0.310 e. The molecule has 0 saturated carbocycles. The number of hydrogen-bond donors (Lipinski definition) is 0. The molecule has 4 nitrogen and oxygen atoms in total. The number of hydrogen-bond acceptors (Lipinski definition) is 4. The minimum absolute atomic E-state index is 0.0943. The second-order valence-electron chi connectivity index (χ2n) is 12.2. The molecule has 2 aliphatic heterocycles. The zero-order valence-corrected chi connectivity index (χ0v) is 26.2. The summed E-state index contributed by atoms with van der Waals surface area (Å²) in [5, 5.41) is 1.38. The van der Waals surface area contributed by atoms with E-state index in [0.717, 1.165) is 27.9 Å². The molecule has 0 amide bonds. The van der Waals surface area contributed by atoms with E-state index >= 15 is 0 Å². The summed E-state index contributed by atoms with van der Waals surface area (Å²) in [6.45, 7) is 0. The first-order valence-electron chi connectivity index (χ1n) is 16.2. The second-order valence-corrected chi connectivity index (χ2v) is 12.2. The van der Waals surface area contributed by atoms with Crippen molar-refractivity contribution < 1.29 is 9.59 Å². The Kier molecular flexibility index (Phi) is 7.46. The molecule has 0 bridgehead atoms. The lowest BCUT2D eigenvalue weighted by Gasteiger charge is -2.46. The summed E-state index contributed by atoms with van der Waals surface area (Å²) in [7, 11) is 0. The molecule has 0 aliphatic carbocycles. The van der Waals surface area contributed by atoms with Gasteiger partial charge in [-0.05, 0) is 28.5 Å². The maximum absolute atomic E-state index is 14.2. The van der Waals surface area contributed by atoms with Crippen LogP contribution in [0, 0.1) is 0 Å². The molecule has 0 unspecified atom stereocenters. The molecule has 0 aromatic heterocycles. The SMILES string of the molecule is O=C(C(C(=O)c1ccccc1)=c1ccc2c(c1)N1C(c3ccccc3)=C[C@H](c3ccccc3)C[C@@]1(c1ccccc1)N=2)c1ccccc1. The van der Waals surface area contributed by atoms with Crippen LogP contribution >= 0.6 is 0 Å². The summed E-state index contributed by atoms with van der Waals surface area (Å²) >= 11 is 0. The van der Waals surface area contributed by atoms with Crippen LogP contribution in [-0.2, 0) is 5.66 Å². The van der Waals surface area contributed by atoms with E-state index in [0.29, 0.717) is 22.8 Å². The molecule has 4 heteroatoms. The zero-order chi connectivity index (χ0) is 32.5. The van der Waals surface area contributed by atoms with Crippen molar-refractivity contribution in [3.63, 3.8) is 0 Å². The van der Waals surface area contributed by atoms with Crippen molar-refractivity contribution in [3.8, 4) is 0 Å². The van der Waals surface area contributed by atoms with Gasteiger partial charge in [0.25, 0.3) is 0 Å². The van der Waals surface area contributed by atoms with Crippen LogP contribution in [0.25, 0.3) is 11.3 Å². The van der Waals surface area contributed by atoms with E-state index in [2.05, 4.69) is 83.8 Å². The number of rotatable bonds is 7. The van der Waals surface area contributed by atoms with Gasteiger partial charge < -0.3 is 4.90 Å². The number of fused-ring (bicyclic) bond motifs is 3. The first-order valence-corrected chi connectivity index (χ1v) is 16.2. The fraction of sp³-hybridized carbons (Fsp3) is 0.0682. The molecular formula is C44H32N2O2. The number of carbonyl (C=O) groups excluding carboxylic acids is 2. The Hall–Kier alpha value is -6.13. The van der Waals surface area contributed by atoms with Gasteiger partial charge in [0, 0.05) is 34.7 Å². The molecule has 0 fully saturated rings. The van der Waals surface area contributed by atoms with Gasteiger partial charge in [-0.25, -0.2) is 0 Å². The van der Waals surface area contributed by atoms with Crippen LogP contribution in [0.5, 0.6) is 0 Å². The van der Waals surface area contributed by atoms with Crippen molar-refractivity contribution in [1.29, 1.82) is 0 Å². The van der Waals surface area contributed by atoms with Crippen molar-refractivity contribution in [2.75, 3.05) is 4.90 Å². The van der Waals surface area contributed by atoms with Gasteiger partial charge in [-0.3, -0.25) is 14.6 Å². The van der Waals surface area contributed by atoms with Crippen molar-refractivity contribution in [2.45, 2.75) is 18.0 Å². The van der Waals surface area contributed by atoms with Crippen molar-refractivity contribution in [1.82, 2.24) is 0 Å². The molecule has 0 N–H and O–H groups in total. The van der Waals surface area contributed by atoms with Gasteiger partial charge in [-0.15, -0.1) is 0 Å². The monoisotopic (exact) mass is 620 g/mol. The molecule has 2 aliphatic rings. The highest BCUT2D eigenvalue weighted by Gasteiger charge is 2.49. The predicted octanol–water partition coefficient (Wildman–Crippen LogP) is 8.12. The van der Waals surface area contributed by atoms with E-state index in [-0.39, 0.29) is 23.1 Å². The Balaban J connectivity index is 1.40. The van der Waals surface area contributed by atoms with E-state index in [9.17, 15) is 9.59 Å². The summed E-state index contributed by atoms with van der Waals surface area (Å²) in [5.74, 6) is -0.526. The first kappa shape index (κ1) is 29.3. The first-order chi connectivity index (χ1) is 23.6. The van der Waals surface area contributed by atoms with E-state index in [1.54, 1.807) is 24.3 Å². The van der Waals surface area contributed by atoms with E-state index in [1.165, 1.54) is 5.56 Å². The summed E-state index contributed by atoms with van der Waals surface area (Å²) in [6, 6.07) is 55.3. The smallest absolute Gasteiger partial charge is 0.197 e. The number of ketones is 2. The highest BCUT2D eigenvalue weighted by atomic mass is 16.1. The Bertz CT molecular complexity index is 2230. The van der Waals surface area contributed by atoms with Crippen LogP contribution in [0.15, 0.2) is 181 Å². The minimum atomic E-state index is -0.754. The molecule has 0 radical (unpaired) electrons. The molecule has 6 aromatic carbocycles. The third-order valence-electron chi connectivity index (χ3n) is 9.34. The van der Waals surface area contributed by atoms with E-state index < -0.39 is 5.66 Å². The number of Topliss-reactive ketones (excluding diaryl/α,β-unsaturated/α-hetero) is 2. The number of allylic oxidation sites excluding steroid dienone is 1. The summed E-state index contributed by atoms with van der Waals surface area (Å²) in [4.78, 5) is 36.3. The predicted molar refractivity (Wildman–Crippen MR) is 191 cm³/mol. The maximum Gasteiger partial charge on any atom is 0.197 e. The number of carbonyl (C=O) groups is 2. The van der Waals surface area contributed by atoms with Gasteiger partial charge in [0.05, 0.1) is 16.6 Å². The van der Waals surface area contributed by atoms with Crippen LogP contribution in [0.1, 0.15) is 49.7 Å². The lowest BCUT2D eigenvalue weighted by atomic mass is 9.79. The molecule has 230 valence electrons. The van der Waals surface area contributed by atoms with Gasteiger partial charge >= 0.3 is 0 Å². The number of nitrogens with zero attached hydrogens (tertiary/aromatic N) is 2. The highest BCUT2D eigenvalue weighted by molar-refractivity contribution is 6.49. The average molecular weight is 621 g/mol. The van der Waals surface area contributed by atoms with Crippen LogP contribution in [0.2, 0.25) is 0 Å². The van der Waals surface area contributed by atoms with Gasteiger partial charge in [0.2, 0.25) is 0 Å². The van der Waals surface area contributed by atoms with Crippen LogP contribution in [0.3, 0.4) is 0 Å². The fourth-order valence-corrected chi connectivity index (χ4v) is 7.10. The Morgan fingerprint density at radius 2 is 1.12 bits per heavy atom. The average Bonchev–Trinajstić information content (AvgIpc) is 3.51. The Morgan fingerprint density at radius 3 is 1.71 bits per heavy atom. The Labute approximate surface area is 279 Å². The molecule has 0 spiro atoms. The molecular weight excluding hydrogens is 588 g/mol. The maximum atomic E-state index is 14.2. The molecule has 2 heterocycles. The van der Waals surface area contributed by atoms with Crippen molar-refractivity contribution in [2.24, 2.45) is 4.99 Å². The topological polar surface area (TPSA) is 49.7 Å². The van der Waals surface area contributed by atoms with Crippen LogP contribution < -0.4 is 15.5 Å². The van der Waals surface area contributed by atoms with Gasteiger partial charge in [-0.2, -0.15) is 0 Å². The molecule has 0 saturated heterocycles. The number of anilines is 1. The van der Waals surface area contributed by atoms with E-state index in [1.807, 2.05) is 72.8 Å². The summed E-state index contributed by atoms with van der Waals surface area (Å²) in [5.41, 5.74) is 5.58. The van der Waals surface area contributed by atoms with Gasteiger partial charge in [-0.1, -0.05) is 164 Å². The normalized spacial score (nSPS) is 17.8. The minimum Gasteiger partial charge on any atom is -0.310 e. The summed E-state index contributed by atoms with van der Waals surface area (Å²) < 4.78 is 0. The fourth-order valence-electron chi connectivity index (χ4n) is 7.10. The van der Waals surface area contributed by atoms with Crippen LogP contribution in [0.4, 0.5) is 5.69 Å². The standard InChI is InChI=1S/C44H32N2O2/c47-42(33-20-10-3-11-21-33)41(43(48)34-22-12-4-13-23-34)35-26-27-38-40(28-35)46-39(32-18-8-2-9-19-32)29-36(31-16-6-1-7-17-31)30-44(46,45-38)37-24-14-5-15-25-37/h1-29,36H,30H2/t36-,44+/m0/s1. The summed E-state index contributed by atoms with van der Waals surface area (Å²) in [6.07, 6.45) is 3.06. The zero-order valence-electron chi connectivity index (χ0n) is 26.2. The van der Waals surface area contributed by atoms with Crippen LogP contribution in [-0.4, -0.2) is 11.6 Å². The third-order valence-corrected chi connectivity index (χ3v) is 9.34.